The van der Waals surface area contributed by atoms with Crippen LogP contribution in [0, 0.1) is 5.92 Å². The van der Waals surface area contributed by atoms with Gasteiger partial charge in [0.25, 0.3) is 0 Å². The molecule has 1 N–H and O–H groups in total. The molecule has 0 saturated carbocycles. The van der Waals surface area contributed by atoms with Gasteiger partial charge in [0.1, 0.15) is 25.9 Å². The second-order valence-electron chi connectivity index (χ2n) is 6.71. The van der Waals surface area contributed by atoms with Crippen LogP contribution in [-0.4, -0.2) is 44.9 Å². The highest BCUT2D eigenvalue weighted by Gasteiger charge is 2.23. The van der Waals surface area contributed by atoms with Crippen LogP contribution in [0.1, 0.15) is 37.0 Å². The summed E-state index contributed by atoms with van der Waals surface area (Å²) in [6.45, 7) is 8.57. The molecule has 5 nitrogen and oxygen atoms in total. The SMILES string of the molecule is CC1CC[NH+](CC(C)OC(=O)c2ccc3c(c2)OCCO3)CC1. The van der Waals surface area contributed by atoms with Crippen LogP contribution >= 0.6 is 0 Å². The number of fused-ring (bicyclic) bond motifs is 1. The van der Waals surface area contributed by atoms with Gasteiger partial charge in [-0.05, 0) is 43.9 Å². The third-order valence-corrected chi connectivity index (χ3v) is 4.64. The van der Waals surface area contributed by atoms with E-state index >= 15 is 0 Å². The number of benzene rings is 1. The van der Waals surface area contributed by atoms with Gasteiger partial charge < -0.3 is 19.1 Å². The molecule has 0 aliphatic carbocycles. The molecule has 23 heavy (non-hydrogen) atoms. The molecule has 126 valence electrons. The number of carbonyl (C=O) groups is 1. The van der Waals surface area contributed by atoms with Crippen molar-refractivity contribution in [3.63, 3.8) is 0 Å². The van der Waals surface area contributed by atoms with Gasteiger partial charge in [0, 0.05) is 0 Å². The predicted octanol–water partition coefficient (Wildman–Crippen LogP) is 1.32. The second kappa shape index (κ2) is 7.21. The Balaban J connectivity index is 1.54. The number of likely N-dealkylation sites (tertiary alicyclic amines) is 1. The first-order valence-electron chi connectivity index (χ1n) is 8.56. The van der Waals surface area contributed by atoms with Crippen molar-refractivity contribution in [2.45, 2.75) is 32.8 Å². The molecule has 1 unspecified atom stereocenters. The van der Waals surface area contributed by atoms with Gasteiger partial charge in [0.2, 0.25) is 0 Å². The Kier molecular flexibility index (Phi) is 5.06. The van der Waals surface area contributed by atoms with Gasteiger partial charge in [-0.25, -0.2) is 4.79 Å². The maximum absolute atomic E-state index is 12.3. The Hall–Kier alpha value is -1.75. The van der Waals surface area contributed by atoms with Crippen molar-refractivity contribution >= 4 is 5.97 Å². The molecule has 0 spiro atoms. The lowest BCUT2D eigenvalue weighted by Crippen LogP contribution is -3.14. The minimum Gasteiger partial charge on any atom is -0.486 e. The summed E-state index contributed by atoms with van der Waals surface area (Å²) in [6, 6.07) is 5.21. The Morgan fingerprint density at radius 1 is 1.26 bits per heavy atom. The van der Waals surface area contributed by atoms with Gasteiger partial charge in [0.05, 0.1) is 18.7 Å². The summed E-state index contributed by atoms with van der Waals surface area (Å²) >= 11 is 0. The molecule has 2 aliphatic heterocycles. The van der Waals surface area contributed by atoms with Crippen LogP contribution in [0.15, 0.2) is 18.2 Å². The first kappa shape index (κ1) is 16.1. The molecule has 1 aromatic rings. The third kappa shape index (κ3) is 4.16. The van der Waals surface area contributed by atoms with E-state index in [1.807, 2.05) is 6.92 Å². The van der Waals surface area contributed by atoms with Gasteiger partial charge in [-0.3, -0.25) is 0 Å². The van der Waals surface area contributed by atoms with Crippen LogP contribution < -0.4 is 14.4 Å². The maximum atomic E-state index is 12.3. The Morgan fingerprint density at radius 2 is 1.96 bits per heavy atom. The third-order valence-electron chi connectivity index (χ3n) is 4.64. The summed E-state index contributed by atoms with van der Waals surface area (Å²) in [5.41, 5.74) is 0.517. The number of quaternary nitrogens is 1. The highest BCUT2D eigenvalue weighted by Crippen LogP contribution is 2.30. The van der Waals surface area contributed by atoms with E-state index in [1.165, 1.54) is 30.8 Å². The maximum Gasteiger partial charge on any atom is 0.338 e. The Morgan fingerprint density at radius 3 is 2.70 bits per heavy atom. The molecule has 5 heteroatoms. The first-order chi connectivity index (χ1) is 11.1. The lowest BCUT2D eigenvalue weighted by atomic mass is 9.99. The minimum absolute atomic E-state index is 0.0842. The van der Waals surface area contributed by atoms with E-state index in [4.69, 9.17) is 14.2 Å². The number of hydrogen-bond acceptors (Lipinski definition) is 4. The highest BCUT2D eigenvalue weighted by molar-refractivity contribution is 5.90. The number of carbonyl (C=O) groups excluding carboxylic acids is 1. The molecule has 1 saturated heterocycles. The second-order valence-corrected chi connectivity index (χ2v) is 6.71. The summed E-state index contributed by atoms with van der Waals surface area (Å²) in [7, 11) is 0. The fourth-order valence-electron chi connectivity index (χ4n) is 3.24. The average molecular weight is 320 g/mol. The fourth-order valence-corrected chi connectivity index (χ4v) is 3.24. The summed E-state index contributed by atoms with van der Waals surface area (Å²) in [4.78, 5) is 13.8. The van der Waals surface area contributed by atoms with Crippen LogP contribution in [0.3, 0.4) is 0 Å². The molecule has 0 bridgehead atoms. The van der Waals surface area contributed by atoms with Crippen LogP contribution in [0.4, 0.5) is 0 Å². The molecule has 1 fully saturated rings. The van der Waals surface area contributed by atoms with Gasteiger partial charge in [-0.1, -0.05) is 6.92 Å². The molecule has 0 amide bonds. The molecule has 0 aromatic heterocycles. The van der Waals surface area contributed by atoms with Crippen molar-refractivity contribution in [3.05, 3.63) is 23.8 Å². The molecular weight excluding hydrogens is 294 g/mol. The normalized spacial score (nSPS) is 24.8. The van der Waals surface area contributed by atoms with E-state index < -0.39 is 0 Å². The quantitative estimate of drug-likeness (QED) is 0.850. The fraction of sp³-hybridized carbons (Fsp3) is 0.611. The largest absolute Gasteiger partial charge is 0.486 e. The molecule has 0 radical (unpaired) electrons. The zero-order chi connectivity index (χ0) is 16.2. The van der Waals surface area contributed by atoms with Crippen molar-refractivity contribution < 1.29 is 23.9 Å². The molecule has 1 atom stereocenters. The first-order valence-corrected chi connectivity index (χ1v) is 8.56. The van der Waals surface area contributed by atoms with E-state index in [1.54, 1.807) is 18.2 Å². The summed E-state index contributed by atoms with van der Waals surface area (Å²) in [5.74, 6) is 1.84. The highest BCUT2D eigenvalue weighted by atomic mass is 16.6. The van der Waals surface area contributed by atoms with E-state index in [0.717, 1.165) is 12.5 Å². The summed E-state index contributed by atoms with van der Waals surface area (Å²) < 4.78 is 16.6. The standard InChI is InChI=1S/C18H25NO4/c1-13-5-7-19(8-6-13)12-14(2)23-18(20)15-3-4-16-17(11-15)22-10-9-21-16/h3-4,11,13-14H,5-10,12H2,1-2H3/p+1. The molecular formula is C18H26NO4+. The van der Waals surface area contributed by atoms with Gasteiger partial charge >= 0.3 is 5.97 Å². The van der Waals surface area contributed by atoms with Crippen molar-refractivity contribution in [2.75, 3.05) is 32.8 Å². The van der Waals surface area contributed by atoms with E-state index in [9.17, 15) is 4.79 Å². The van der Waals surface area contributed by atoms with E-state index in [2.05, 4.69) is 6.92 Å². The van der Waals surface area contributed by atoms with Crippen LogP contribution in [0.2, 0.25) is 0 Å². The zero-order valence-corrected chi connectivity index (χ0v) is 14.0. The molecule has 1 aromatic carbocycles. The number of nitrogens with one attached hydrogen (secondary N) is 1. The van der Waals surface area contributed by atoms with Crippen molar-refractivity contribution in [1.29, 1.82) is 0 Å². The number of piperidine rings is 1. The predicted molar refractivity (Wildman–Crippen MR) is 86.3 cm³/mol. The lowest BCUT2D eigenvalue weighted by molar-refractivity contribution is -0.908. The van der Waals surface area contributed by atoms with Crippen LogP contribution in [0.5, 0.6) is 11.5 Å². The number of ether oxygens (including phenoxy) is 3. The van der Waals surface area contributed by atoms with Gasteiger partial charge in [-0.2, -0.15) is 0 Å². The minimum atomic E-state index is -0.292. The summed E-state index contributed by atoms with van der Waals surface area (Å²) in [6.07, 6.45) is 2.44. The Labute approximate surface area is 137 Å². The Bertz CT molecular complexity index is 552. The van der Waals surface area contributed by atoms with Crippen LogP contribution in [0.25, 0.3) is 0 Å². The molecule has 3 rings (SSSR count). The van der Waals surface area contributed by atoms with Gasteiger partial charge in [-0.15, -0.1) is 0 Å². The molecule has 2 heterocycles. The van der Waals surface area contributed by atoms with E-state index in [0.29, 0.717) is 30.3 Å². The topological polar surface area (TPSA) is 49.2 Å². The van der Waals surface area contributed by atoms with Crippen molar-refractivity contribution in [1.82, 2.24) is 0 Å². The number of esters is 1. The average Bonchev–Trinajstić information content (AvgIpc) is 2.56. The smallest absolute Gasteiger partial charge is 0.338 e. The summed E-state index contributed by atoms with van der Waals surface area (Å²) in [5, 5.41) is 0. The number of rotatable bonds is 4. The van der Waals surface area contributed by atoms with E-state index in [-0.39, 0.29) is 12.1 Å². The zero-order valence-electron chi connectivity index (χ0n) is 14.0. The lowest BCUT2D eigenvalue weighted by Gasteiger charge is -2.29. The van der Waals surface area contributed by atoms with Crippen molar-refractivity contribution in [3.8, 4) is 11.5 Å². The van der Waals surface area contributed by atoms with Crippen LogP contribution in [-0.2, 0) is 4.74 Å². The van der Waals surface area contributed by atoms with Gasteiger partial charge in [0.15, 0.2) is 11.5 Å². The van der Waals surface area contributed by atoms with Crippen molar-refractivity contribution in [2.24, 2.45) is 5.92 Å². The number of hydrogen-bond donors (Lipinski definition) is 1. The molecule has 2 aliphatic rings. The monoisotopic (exact) mass is 320 g/mol.